The van der Waals surface area contributed by atoms with Crippen molar-refractivity contribution < 1.29 is 9.47 Å². The first-order valence-electron chi connectivity index (χ1n) is 8.63. The van der Waals surface area contributed by atoms with Crippen LogP contribution < -0.4 is 15.2 Å². The van der Waals surface area contributed by atoms with E-state index in [9.17, 15) is 5.26 Å². The SMILES string of the molecule is CCc1ccc(-c2cc(-c3cc(OC)ccc3OC)nc(N)c2C#N)cc1. The molecule has 0 aliphatic heterocycles. The zero-order valence-electron chi connectivity index (χ0n) is 15.6. The van der Waals surface area contributed by atoms with Crippen molar-refractivity contribution in [1.29, 1.82) is 5.26 Å². The third kappa shape index (κ3) is 3.56. The number of hydrogen-bond donors (Lipinski definition) is 1. The Kier molecular flexibility index (Phi) is 5.28. The van der Waals surface area contributed by atoms with Crippen molar-refractivity contribution in [3.63, 3.8) is 0 Å². The maximum absolute atomic E-state index is 9.59. The molecule has 0 unspecified atom stereocenters. The smallest absolute Gasteiger partial charge is 0.142 e. The molecule has 136 valence electrons. The molecule has 2 N–H and O–H groups in total. The first kappa shape index (κ1) is 18.3. The van der Waals surface area contributed by atoms with Crippen LogP contribution in [0.15, 0.2) is 48.5 Å². The molecule has 0 aliphatic rings. The molecule has 0 spiro atoms. The topological polar surface area (TPSA) is 81.2 Å². The van der Waals surface area contributed by atoms with Crippen LogP contribution in [0, 0.1) is 11.3 Å². The molecule has 2 aromatic carbocycles. The molecule has 0 bridgehead atoms. The summed E-state index contributed by atoms with van der Waals surface area (Å²) in [5.41, 5.74) is 10.7. The highest BCUT2D eigenvalue weighted by atomic mass is 16.5. The van der Waals surface area contributed by atoms with Gasteiger partial charge in [-0.25, -0.2) is 4.98 Å². The van der Waals surface area contributed by atoms with Gasteiger partial charge in [0.15, 0.2) is 0 Å². The summed E-state index contributed by atoms with van der Waals surface area (Å²) in [4.78, 5) is 4.44. The van der Waals surface area contributed by atoms with Crippen molar-refractivity contribution in [3.05, 3.63) is 59.7 Å². The van der Waals surface area contributed by atoms with Crippen LogP contribution in [0.4, 0.5) is 5.82 Å². The molecule has 5 heteroatoms. The summed E-state index contributed by atoms with van der Waals surface area (Å²) >= 11 is 0. The summed E-state index contributed by atoms with van der Waals surface area (Å²) in [5, 5.41) is 9.59. The molecule has 0 aliphatic carbocycles. The Balaban J connectivity index is 2.22. The fourth-order valence-corrected chi connectivity index (χ4v) is 2.98. The quantitative estimate of drug-likeness (QED) is 0.728. The minimum atomic E-state index is 0.189. The second-order valence-corrected chi connectivity index (χ2v) is 6.04. The van der Waals surface area contributed by atoms with Gasteiger partial charge in [-0.15, -0.1) is 0 Å². The van der Waals surface area contributed by atoms with E-state index in [1.54, 1.807) is 14.2 Å². The van der Waals surface area contributed by atoms with Crippen LogP contribution in [0.5, 0.6) is 11.5 Å². The average Bonchev–Trinajstić information content (AvgIpc) is 2.72. The van der Waals surface area contributed by atoms with Gasteiger partial charge in [0.05, 0.1) is 19.9 Å². The van der Waals surface area contributed by atoms with E-state index >= 15 is 0 Å². The van der Waals surface area contributed by atoms with Crippen molar-refractivity contribution in [2.75, 3.05) is 20.0 Å². The molecule has 5 nitrogen and oxygen atoms in total. The number of ether oxygens (including phenoxy) is 2. The molecule has 27 heavy (non-hydrogen) atoms. The van der Waals surface area contributed by atoms with Crippen LogP contribution in [0.1, 0.15) is 18.1 Å². The van der Waals surface area contributed by atoms with Crippen LogP contribution in [0.2, 0.25) is 0 Å². The van der Waals surface area contributed by atoms with E-state index in [0.29, 0.717) is 22.8 Å². The van der Waals surface area contributed by atoms with Crippen molar-refractivity contribution in [3.8, 4) is 40.0 Å². The second kappa shape index (κ2) is 7.79. The average molecular weight is 359 g/mol. The summed E-state index contributed by atoms with van der Waals surface area (Å²) in [6, 6.07) is 17.6. The fraction of sp³-hybridized carbons (Fsp3) is 0.182. The van der Waals surface area contributed by atoms with Crippen molar-refractivity contribution in [1.82, 2.24) is 4.98 Å². The molecular weight excluding hydrogens is 338 g/mol. The number of benzene rings is 2. The van der Waals surface area contributed by atoms with E-state index in [2.05, 4.69) is 30.1 Å². The number of aryl methyl sites for hydroxylation is 1. The number of anilines is 1. The summed E-state index contributed by atoms with van der Waals surface area (Å²) in [6.45, 7) is 2.10. The van der Waals surface area contributed by atoms with E-state index in [1.807, 2.05) is 36.4 Å². The van der Waals surface area contributed by atoms with Crippen molar-refractivity contribution >= 4 is 5.82 Å². The molecule has 0 atom stereocenters. The van der Waals surface area contributed by atoms with Gasteiger partial charge in [-0.2, -0.15) is 5.26 Å². The number of hydrogen-bond acceptors (Lipinski definition) is 5. The Morgan fingerprint density at radius 1 is 1.00 bits per heavy atom. The first-order valence-corrected chi connectivity index (χ1v) is 8.63. The number of nitrogens with two attached hydrogens (primary N) is 1. The summed E-state index contributed by atoms with van der Waals surface area (Å²) in [7, 11) is 3.20. The molecule has 1 aromatic heterocycles. The number of pyridine rings is 1. The van der Waals surface area contributed by atoms with E-state index in [-0.39, 0.29) is 5.82 Å². The molecule has 0 saturated carbocycles. The second-order valence-electron chi connectivity index (χ2n) is 6.04. The highest BCUT2D eigenvalue weighted by Crippen LogP contribution is 2.36. The third-order valence-electron chi connectivity index (χ3n) is 4.52. The van der Waals surface area contributed by atoms with Crippen LogP contribution in [0.3, 0.4) is 0 Å². The van der Waals surface area contributed by atoms with Gasteiger partial charge in [0.2, 0.25) is 0 Å². The summed E-state index contributed by atoms with van der Waals surface area (Å²) in [5.74, 6) is 1.53. The van der Waals surface area contributed by atoms with Crippen LogP contribution in [0.25, 0.3) is 22.4 Å². The molecule has 1 heterocycles. The van der Waals surface area contributed by atoms with Crippen LogP contribution in [-0.2, 0) is 6.42 Å². The van der Waals surface area contributed by atoms with Gasteiger partial charge in [-0.1, -0.05) is 31.2 Å². The molecule has 0 amide bonds. The lowest BCUT2D eigenvalue weighted by Gasteiger charge is -2.14. The standard InChI is InChI=1S/C22H21N3O2/c1-4-14-5-7-15(8-6-14)17-12-20(25-22(24)19(17)13-23)18-11-16(26-2)9-10-21(18)27-3/h5-12H,4H2,1-3H3,(H2,24,25). The van der Waals surface area contributed by atoms with Gasteiger partial charge >= 0.3 is 0 Å². The summed E-state index contributed by atoms with van der Waals surface area (Å²) in [6.07, 6.45) is 0.954. The maximum Gasteiger partial charge on any atom is 0.142 e. The van der Waals surface area contributed by atoms with E-state index in [4.69, 9.17) is 15.2 Å². The number of aromatic nitrogens is 1. The minimum Gasteiger partial charge on any atom is -0.497 e. The van der Waals surface area contributed by atoms with Crippen LogP contribution in [-0.4, -0.2) is 19.2 Å². The van der Waals surface area contributed by atoms with E-state index < -0.39 is 0 Å². The zero-order valence-corrected chi connectivity index (χ0v) is 15.6. The van der Waals surface area contributed by atoms with E-state index in [1.165, 1.54) is 5.56 Å². The first-order chi connectivity index (χ1) is 13.1. The summed E-state index contributed by atoms with van der Waals surface area (Å²) < 4.78 is 10.8. The predicted octanol–water partition coefficient (Wildman–Crippen LogP) is 4.45. The zero-order chi connectivity index (χ0) is 19.4. The number of nitrogen functional groups attached to an aromatic ring is 1. The minimum absolute atomic E-state index is 0.189. The Bertz CT molecular complexity index is 1010. The maximum atomic E-state index is 9.59. The lowest BCUT2D eigenvalue weighted by atomic mass is 9.97. The lowest BCUT2D eigenvalue weighted by molar-refractivity contribution is 0.404. The normalized spacial score (nSPS) is 10.3. The number of rotatable bonds is 5. The van der Waals surface area contributed by atoms with Crippen molar-refractivity contribution in [2.24, 2.45) is 0 Å². The Labute approximate surface area is 159 Å². The van der Waals surface area contributed by atoms with Gasteiger partial charge in [0.25, 0.3) is 0 Å². The molecular formula is C22H21N3O2. The predicted molar refractivity (Wildman–Crippen MR) is 107 cm³/mol. The Hall–Kier alpha value is -3.52. The molecule has 0 fully saturated rings. The third-order valence-corrected chi connectivity index (χ3v) is 4.52. The van der Waals surface area contributed by atoms with Gasteiger partial charge in [-0.3, -0.25) is 0 Å². The number of methoxy groups -OCH3 is 2. The highest BCUT2D eigenvalue weighted by Gasteiger charge is 2.16. The Morgan fingerprint density at radius 3 is 2.33 bits per heavy atom. The van der Waals surface area contributed by atoms with E-state index in [0.717, 1.165) is 23.1 Å². The molecule has 0 radical (unpaired) electrons. The van der Waals surface area contributed by atoms with Gasteiger partial charge in [0, 0.05) is 11.1 Å². The monoisotopic (exact) mass is 359 g/mol. The molecule has 3 aromatic rings. The van der Waals surface area contributed by atoms with Crippen LogP contribution >= 0.6 is 0 Å². The van der Waals surface area contributed by atoms with Gasteiger partial charge in [-0.05, 0) is 41.8 Å². The lowest BCUT2D eigenvalue weighted by Crippen LogP contribution is -2.01. The fourth-order valence-electron chi connectivity index (χ4n) is 2.98. The number of nitrogens with zero attached hydrogens (tertiary/aromatic N) is 2. The highest BCUT2D eigenvalue weighted by molar-refractivity contribution is 5.82. The molecule has 3 rings (SSSR count). The van der Waals surface area contributed by atoms with Crippen molar-refractivity contribution in [2.45, 2.75) is 13.3 Å². The van der Waals surface area contributed by atoms with Gasteiger partial charge < -0.3 is 15.2 Å². The molecule has 0 saturated heterocycles. The van der Waals surface area contributed by atoms with Gasteiger partial charge in [0.1, 0.15) is 28.9 Å². The number of nitriles is 1. The largest absolute Gasteiger partial charge is 0.497 e. The Morgan fingerprint density at radius 2 is 1.74 bits per heavy atom.